The normalized spacial score (nSPS) is 21.5. The third-order valence-corrected chi connectivity index (χ3v) is 10.2. The number of sulfone groups is 1. The number of fused-ring (bicyclic) bond motifs is 1. The molecule has 1 fully saturated rings. The molecule has 3 aliphatic rings. The molecule has 0 saturated carbocycles. The second kappa shape index (κ2) is 13.7. The van der Waals surface area contributed by atoms with Gasteiger partial charge in [-0.2, -0.15) is 18.2 Å². The third kappa shape index (κ3) is 8.31. The zero-order chi connectivity index (χ0) is 34.2. The van der Waals surface area contributed by atoms with Crippen molar-refractivity contribution in [2.24, 2.45) is 10.9 Å². The van der Waals surface area contributed by atoms with E-state index < -0.39 is 62.7 Å². The Labute approximate surface area is 275 Å². The van der Waals surface area contributed by atoms with E-state index in [4.69, 9.17) is 27.9 Å². The molecule has 1 unspecified atom stereocenters. The maximum absolute atomic E-state index is 14.5. The highest BCUT2D eigenvalue weighted by molar-refractivity contribution is 7.91. The minimum absolute atomic E-state index is 0.0154. The average Bonchev–Trinajstić information content (AvgIpc) is 2.94. The van der Waals surface area contributed by atoms with Crippen molar-refractivity contribution < 1.29 is 40.7 Å². The summed E-state index contributed by atoms with van der Waals surface area (Å²) in [7, 11) is -3.80. The Morgan fingerprint density at radius 2 is 1.87 bits per heavy atom. The van der Waals surface area contributed by atoms with Crippen molar-refractivity contribution in [3.05, 3.63) is 51.6 Å². The number of carbonyl (C=O) groups is 3. The molecule has 1 saturated heterocycles. The molecule has 1 aromatic rings. The number of allylic oxidation sites excluding steroid dienone is 2. The van der Waals surface area contributed by atoms with Crippen LogP contribution in [0.5, 0.6) is 0 Å². The van der Waals surface area contributed by atoms with Crippen LogP contribution in [-0.2, 0) is 25.9 Å². The monoisotopic (exact) mass is 706 g/mol. The number of aliphatic imine (C=N–C) groups is 1. The minimum atomic E-state index is -4.89. The lowest BCUT2D eigenvalue weighted by Crippen LogP contribution is -2.48. The first kappa shape index (κ1) is 35.9. The number of likely N-dealkylation sites (tertiary alicyclic amines) is 1. The van der Waals surface area contributed by atoms with E-state index in [1.807, 2.05) is 0 Å². The number of ether oxygens (including phenoxy) is 1. The van der Waals surface area contributed by atoms with E-state index in [0.717, 1.165) is 6.42 Å². The van der Waals surface area contributed by atoms with Crippen LogP contribution in [0.4, 0.5) is 22.8 Å². The second-order valence-corrected chi connectivity index (χ2v) is 15.4. The Morgan fingerprint density at radius 1 is 1.17 bits per heavy atom. The first-order valence-corrected chi connectivity index (χ1v) is 17.1. The molecule has 1 N–H and O–H groups in total. The number of rotatable bonds is 8. The quantitative estimate of drug-likeness (QED) is 0.345. The molecule has 4 rings (SSSR count). The highest BCUT2D eigenvalue weighted by Gasteiger charge is 2.46. The number of halogens is 5. The van der Waals surface area contributed by atoms with Gasteiger partial charge in [-0.15, -0.1) is 11.6 Å². The van der Waals surface area contributed by atoms with Crippen LogP contribution in [-0.4, -0.2) is 91.0 Å². The Bertz CT molecular complexity index is 1620. The van der Waals surface area contributed by atoms with Gasteiger partial charge in [0.25, 0.3) is 5.91 Å². The predicted octanol–water partition coefficient (Wildman–Crippen LogP) is 5.68. The standard InChI is InChI=1S/C30H35Cl2F3N4O6S/c1-5-46(43,44)23-9-8-19(31)11-18(23)15-39-26(40)20-12-22(30(33,34)35)21(24(32)25(20)37-27(39)41)16-38-10-6-7-17(14-38)13-36-28(42)45-29(2,3)4/h8-9,11-12,17,24H,5-7,10,13-16H2,1-4H3,(H,36,42)/t17-,24?/m1/s1. The summed E-state index contributed by atoms with van der Waals surface area (Å²) in [4.78, 5) is 44.8. The highest BCUT2D eigenvalue weighted by atomic mass is 35.5. The van der Waals surface area contributed by atoms with Gasteiger partial charge in [0, 0.05) is 24.7 Å². The molecule has 2 aliphatic heterocycles. The zero-order valence-corrected chi connectivity index (χ0v) is 28.0. The van der Waals surface area contributed by atoms with Crippen molar-refractivity contribution in [3.8, 4) is 0 Å². The molecule has 1 aliphatic carbocycles. The van der Waals surface area contributed by atoms with Gasteiger partial charge >= 0.3 is 18.3 Å². The van der Waals surface area contributed by atoms with Crippen molar-refractivity contribution in [2.75, 3.05) is 31.9 Å². The fourth-order valence-corrected chi connectivity index (χ4v) is 7.20. The molecule has 0 radical (unpaired) electrons. The molecule has 0 bridgehead atoms. The predicted molar refractivity (Wildman–Crippen MR) is 167 cm³/mol. The molecule has 16 heteroatoms. The molecule has 0 spiro atoms. The topological polar surface area (TPSA) is 125 Å². The molecule has 252 valence electrons. The summed E-state index contributed by atoms with van der Waals surface area (Å²) < 4.78 is 73.9. The second-order valence-electron chi connectivity index (χ2n) is 12.3. The van der Waals surface area contributed by atoms with Crippen LogP contribution in [0.25, 0.3) is 0 Å². The van der Waals surface area contributed by atoms with E-state index in [2.05, 4.69) is 10.3 Å². The summed E-state index contributed by atoms with van der Waals surface area (Å²) >= 11 is 12.7. The fraction of sp³-hybridized carbons (Fsp3) is 0.533. The number of nitrogens with zero attached hydrogens (tertiary/aromatic N) is 3. The van der Waals surface area contributed by atoms with Crippen LogP contribution in [0.3, 0.4) is 0 Å². The number of amides is 4. The van der Waals surface area contributed by atoms with E-state index in [1.165, 1.54) is 25.1 Å². The van der Waals surface area contributed by atoms with Crippen LogP contribution >= 0.6 is 23.2 Å². The number of nitrogens with one attached hydrogen (secondary N) is 1. The Balaban J connectivity index is 1.60. The highest BCUT2D eigenvalue weighted by Crippen LogP contribution is 2.40. The molecular weight excluding hydrogens is 672 g/mol. The van der Waals surface area contributed by atoms with Gasteiger partial charge in [-0.1, -0.05) is 18.5 Å². The first-order valence-electron chi connectivity index (χ1n) is 14.6. The van der Waals surface area contributed by atoms with Gasteiger partial charge in [-0.25, -0.2) is 18.0 Å². The van der Waals surface area contributed by atoms with E-state index in [1.54, 1.807) is 25.7 Å². The van der Waals surface area contributed by atoms with Crippen LogP contribution in [0.1, 0.15) is 46.1 Å². The van der Waals surface area contributed by atoms with Crippen molar-refractivity contribution in [3.63, 3.8) is 0 Å². The Hall–Kier alpha value is -2.94. The molecular formula is C30H35Cl2F3N4O6S. The maximum atomic E-state index is 14.5. The van der Waals surface area contributed by atoms with Gasteiger partial charge in [0.1, 0.15) is 5.60 Å². The smallest absolute Gasteiger partial charge is 0.416 e. The summed E-state index contributed by atoms with van der Waals surface area (Å²) in [6.07, 6.45) is -3.42. The van der Waals surface area contributed by atoms with E-state index in [9.17, 15) is 36.0 Å². The summed E-state index contributed by atoms with van der Waals surface area (Å²) in [6.45, 7) is 6.94. The number of alkyl carbamates (subject to hydrolysis) is 1. The Morgan fingerprint density at radius 3 is 2.50 bits per heavy atom. The number of urea groups is 1. The molecule has 1 aromatic carbocycles. The molecule has 46 heavy (non-hydrogen) atoms. The summed E-state index contributed by atoms with van der Waals surface area (Å²) in [5, 5.41) is 1.31. The van der Waals surface area contributed by atoms with Gasteiger partial charge < -0.3 is 10.1 Å². The first-order chi connectivity index (χ1) is 21.3. The van der Waals surface area contributed by atoms with Gasteiger partial charge in [0.05, 0.1) is 39.4 Å². The zero-order valence-electron chi connectivity index (χ0n) is 25.7. The molecule has 4 amide bonds. The number of alkyl halides is 4. The largest absolute Gasteiger partial charge is 0.444 e. The van der Waals surface area contributed by atoms with Crippen molar-refractivity contribution in [2.45, 2.75) is 69.1 Å². The molecule has 2 heterocycles. The van der Waals surface area contributed by atoms with Gasteiger partial charge in [-0.05, 0) is 81.5 Å². The molecule has 2 atom stereocenters. The van der Waals surface area contributed by atoms with Crippen molar-refractivity contribution in [1.29, 1.82) is 0 Å². The van der Waals surface area contributed by atoms with E-state index >= 15 is 0 Å². The van der Waals surface area contributed by atoms with Crippen LogP contribution in [0.15, 0.2) is 50.9 Å². The third-order valence-electron chi connectivity index (χ3n) is 7.68. The van der Waals surface area contributed by atoms with Crippen LogP contribution in [0, 0.1) is 5.92 Å². The number of piperidine rings is 1. The number of hydrogen-bond donors (Lipinski definition) is 1. The van der Waals surface area contributed by atoms with Gasteiger partial charge in [0.2, 0.25) is 0 Å². The summed E-state index contributed by atoms with van der Waals surface area (Å²) in [5.74, 6) is -1.42. The van der Waals surface area contributed by atoms with E-state index in [0.29, 0.717) is 30.5 Å². The van der Waals surface area contributed by atoms with Crippen molar-refractivity contribution in [1.82, 2.24) is 15.1 Å². The van der Waals surface area contributed by atoms with Crippen LogP contribution in [0.2, 0.25) is 5.02 Å². The molecule has 10 nitrogen and oxygen atoms in total. The van der Waals surface area contributed by atoms with Crippen LogP contribution < -0.4 is 5.32 Å². The lowest BCUT2D eigenvalue weighted by molar-refractivity contribution is -0.124. The Kier molecular flexibility index (Phi) is 10.7. The number of benzene rings is 1. The SMILES string of the molecule is CCS(=O)(=O)c1ccc(Cl)cc1CN1C(=O)N=C2C(=CC(C(F)(F)F)=C(CN3CCC[C@H](CNC(=O)OC(C)(C)C)C3)C2Cl)C1=O. The number of imide groups is 1. The van der Waals surface area contributed by atoms with Crippen molar-refractivity contribution >= 4 is 56.8 Å². The van der Waals surface area contributed by atoms with E-state index in [-0.39, 0.29) is 51.5 Å². The fourth-order valence-electron chi connectivity index (χ4n) is 5.55. The summed E-state index contributed by atoms with van der Waals surface area (Å²) in [6, 6.07) is 2.77. The molecule has 0 aromatic heterocycles. The average molecular weight is 708 g/mol. The lowest BCUT2D eigenvalue weighted by atomic mass is 9.87. The van der Waals surface area contributed by atoms with Gasteiger partial charge in [-0.3, -0.25) is 14.6 Å². The lowest BCUT2D eigenvalue weighted by Gasteiger charge is -2.37. The minimum Gasteiger partial charge on any atom is -0.444 e. The maximum Gasteiger partial charge on any atom is 0.416 e. The number of hydrogen-bond acceptors (Lipinski definition) is 7. The van der Waals surface area contributed by atoms with Gasteiger partial charge in [0.15, 0.2) is 9.84 Å². The summed E-state index contributed by atoms with van der Waals surface area (Å²) in [5.41, 5.74) is -2.84. The number of carbonyl (C=O) groups excluding carboxylic acids is 3.